The molecule has 0 amide bonds. The van der Waals surface area contributed by atoms with Crippen LogP contribution in [-0.4, -0.2) is 25.0 Å². The maximum Gasteiger partial charge on any atom is 0.149 e. The van der Waals surface area contributed by atoms with Crippen LogP contribution in [0.1, 0.15) is 36.4 Å². The molecule has 1 aliphatic carbocycles. The largest absolute Gasteiger partial charge is 0.353 e. The van der Waals surface area contributed by atoms with E-state index in [4.69, 9.17) is 5.73 Å². The normalized spacial score (nSPS) is 20.9. The molecule has 0 spiro atoms. The first kappa shape index (κ1) is 12.6. The summed E-state index contributed by atoms with van der Waals surface area (Å²) in [6, 6.07) is 0.118. The van der Waals surface area contributed by atoms with Gasteiger partial charge in [-0.1, -0.05) is 6.42 Å². The van der Waals surface area contributed by atoms with Crippen molar-refractivity contribution in [2.24, 2.45) is 5.73 Å². The molecule has 0 aromatic carbocycles. The summed E-state index contributed by atoms with van der Waals surface area (Å²) in [5.74, 6) is 0.190. The van der Waals surface area contributed by atoms with Crippen LogP contribution in [0.25, 0.3) is 0 Å². The number of fused-ring (bicyclic) bond motifs is 1. The van der Waals surface area contributed by atoms with Gasteiger partial charge in [0.2, 0.25) is 0 Å². The summed E-state index contributed by atoms with van der Waals surface area (Å²) in [6.45, 7) is 0.526. The van der Waals surface area contributed by atoms with Crippen LogP contribution in [-0.2, 0) is 22.8 Å². The Morgan fingerprint density at radius 3 is 2.88 bits per heavy atom. The average molecular weight is 256 g/mol. The van der Waals surface area contributed by atoms with E-state index in [0.717, 1.165) is 12.8 Å². The van der Waals surface area contributed by atoms with Gasteiger partial charge in [0.05, 0.1) is 5.75 Å². The number of aryl methyl sites for hydroxylation is 2. The molecule has 1 heterocycles. The fourth-order valence-corrected chi connectivity index (χ4v) is 2.89. The number of nitrogens with two attached hydrogens (primary N) is 1. The van der Waals surface area contributed by atoms with Crippen molar-refractivity contribution < 1.29 is 8.42 Å². The van der Waals surface area contributed by atoms with Crippen LogP contribution < -0.4 is 5.73 Å². The third-order valence-corrected chi connectivity index (χ3v) is 4.25. The molecule has 1 unspecified atom stereocenters. The van der Waals surface area contributed by atoms with E-state index >= 15 is 0 Å². The molecule has 4 nitrogen and oxygen atoms in total. The molecule has 0 aliphatic heterocycles. The van der Waals surface area contributed by atoms with Crippen LogP contribution in [0, 0.1) is 0 Å². The van der Waals surface area contributed by atoms with Gasteiger partial charge in [0.25, 0.3) is 0 Å². The first-order valence-corrected chi connectivity index (χ1v) is 8.13. The molecule has 2 N–H and O–H groups in total. The van der Waals surface area contributed by atoms with Gasteiger partial charge in [-0.2, -0.15) is 0 Å². The lowest BCUT2D eigenvalue weighted by Gasteiger charge is -2.07. The maximum atomic E-state index is 11.1. The van der Waals surface area contributed by atoms with Crippen molar-refractivity contribution in [2.45, 2.75) is 38.3 Å². The Kier molecular flexibility index (Phi) is 3.58. The van der Waals surface area contributed by atoms with Crippen molar-refractivity contribution in [3.8, 4) is 0 Å². The van der Waals surface area contributed by atoms with Gasteiger partial charge >= 0.3 is 0 Å². The lowest BCUT2D eigenvalue weighted by Crippen LogP contribution is -2.11. The molecule has 1 aromatic rings. The van der Waals surface area contributed by atoms with E-state index in [0.29, 0.717) is 6.54 Å². The third kappa shape index (κ3) is 3.33. The fourth-order valence-electron chi connectivity index (χ4n) is 2.35. The van der Waals surface area contributed by atoms with Gasteiger partial charge in [0.15, 0.2) is 0 Å². The van der Waals surface area contributed by atoms with Crippen molar-refractivity contribution in [1.29, 1.82) is 0 Å². The third-order valence-electron chi connectivity index (χ3n) is 3.33. The van der Waals surface area contributed by atoms with Crippen LogP contribution in [0.5, 0.6) is 0 Å². The smallest absolute Gasteiger partial charge is 0.149 e. The van der Waals surface area contributed by atoms with E-state index in [1.807, 2.05) is 10.8 Å². The Hall–Kier alpha value is -0.810. The number of nitrogens with zero attached hydrogens (tertiary/aromatic N) is 1. The van der Waals surface area contributed by atoms with Gasteiger partial charge in [-0.15, -0.1) is 0 Å². The van der Waals surface area contributed by atoms with Crippen molar-refractivity contribution >= 4 is 9.84 Å². The van der Waals surface area contributed by atoms with Gasteiger partial charge < -0.3 is 10.3 Å². The zero-order chi connectivity index (χ0) is 12.5. The Morgan fingerprint density at radius 1 is 1.41 bits per heavy atom. The molecular weight excluding hydrogens is 236 g/mol. The highest BCUT2D eigenvalue weighted by atomic mass is 32.2. The average Bonchev–Trinajstić information content (AvgIpc) is 2.57. The molecule has 17 heavy (non-hydrogen) atoms. The summed E-state index contributed by atoms with van der Waals surface area (Å²) in [7, 11) is -2.90. The molecule has 0 saturated heterocycles. The molecule has 0 bridgehead atoms. The second-order valence-electron chi connectivity index (χ2n) is 4.96. The van der Waals surface area contributed by atoms with Crippen LogP contribution in [0.4, 0.5) is 0 Å². The quantitative estimate of drug-likeness (QED) is 0.828. The number of sulfone groups is 1. The van der Waals surface area contributed by atoms with Gasteiger partial charge in [0.1, 0.15) is 9.84 Å². The van der Waals surface area contributed by atoms with Gasteiger partial charge in [-0.05, 0) is 30.4 Å². The summed E-state index contributed by atoms with van der Waals surface area (Å²) in [5, 5.41) is 0. The van der Waals surface area contributed by atoms with Crippen LogP contribution in [0.15, 0.2) is 12.4 Å². The number of rotatable bonds is 3. The van der Waals surface area contributed by atoms with Crippen molar-refractivity contribution in [1.82, 2.24) is 4.57 Å². The summed E-state index contributed by atoms with van der Waals surface area (Å²) in [4.78, 5) is 0. The van der Waals surface area contributed by atoms with Crippen LogP contribution >= 0.6 is 0 Å². The highest BCUT2D eigenvalue weighted by Crippen LogP contribution is 2.27. The zero-order valence-electron chi connectivity index (χ0n) is 10.2. The van der Waals surface area contributed by atoms with Gasteiger partial charge in [-0.3, -0.25) is 0 Å². The molecule has 96 valence electrons. The predicted octanol–water partition coefficient (Wildman–Crippen LogP) is 1.26. The second-order valence-corrected chi connectivity index (χ2v) is 7.22. The van der Waals surface area contributed by atoms with Crippen molar-refractivity contribution in [2.75, 3.05) is 12.0 Å². The van der Waals surface area contributed by atoms with Crippen molar-refractivity contribution in [3.63, 3.8) is 0 Å². The molecule has 1 atom stereocenters. The Bertz CT molecular complexity index is 491. The van der Waals surface area contributed by atoms with E-state index in [-0.39, 0.29) is 11.8 Å². The Labute approximate surface area is 103 Å². The Balaban J connectivity index is 2.14. The van der Waals surface area contributed by atoms with Gasteiger partial charge in [-0.25, -0.2) is 8.42 Å². The zero-order valence-corrected chi connectivity index (χ0v) is 11.0. The molecule has 0 saturated carbocycles. The van der Waals surface area contributed by atoms with E-state index < -0.39 is 9.84 Å². The molecule has 2 rings (SSSR count). The molecule has 1 aromatic heterocycles. The van der Waals surface area contributed by atoms with E-state index in [2.05, 4.69) is 6.20 Å². The lowest BCUT2D eigenvalue weighted by molar-refractivity contribution is 0.592. The molecule has 5 heteroatoms. The van der Waals surface area contributed by atoms with Crippen LogP contribution in [0.2, 0.25) is 0 Å². The Morgan fingerprint density at radius 2 is 2.18 bits per heavy atom. The molecular formula is C12H20N2O2S. The molecule has 0 radical (unpaired) electrons. The number of hydrogen-bond donors (Lipinski definition) is 1. The maximum absolute atomic E-state index is 11.1. The van der Waals surface area contributed by atoms with Crippen LogP contribution in [0.3, 0.4) is 0 Å². The van der Waals surface area contributed by atoms with Gasteiger partial charge in [0, 0.05) is 31.2 Å². The highest BCUT2D eigenvalue weighted by molar-refractivity contribution is 7.90. The topological polar surface area (TPSA) is 65.1 Å². The second kappa shape index (κ2) is 4.82. The summed E-state index contributed by atoms with van der Waals surface area (Å²) in [5.41, 5.74) is 8.61. The molecule has 1 aliphatic rings. The number of aromatic nitrogens is 1. The standard InChI is InChI=1S/C12H20N2O2S/c1-17(15,16)7-6-14-8-10-4-2-3-5-12(13)11(10)9-14/h8-9,12H,2-7,13H2,1H3. The minimum atomic E-state index is -2.90. The van der Waals surface area contributed by atoms with E-state index in [9.17, 15) is 8.42 Å². The summed E-state index contributed by atoms with van der Waals surface area (Å²) in [6.07, 6.45) is 9.81. The highest BCUT2D eigenvalue weighted by Gasteiger charge is 2.17. The first-order valence-electron chi connectivity index (χ1n) is 6.07. The minimum Gasteiger partial charge on any atom is -0.353 e. The number of hydrogen-bond acceptors (Lipinski definition) is 3. The predicted molar refractivity (Wildman–Crippen MR) is 68.6 cm³/mol. The van der Waals surface area contributed by atoms with E-state index in [1.165, 1.54) is 30.2 Å². The SMILES string of the molecule is CS(=O)(=O)CCn1cc2c(c1)C(N)CCCC2. The lowest BCUT2D eigenvalue weighted by atomic mass is 10.1. The first-order chi connectivity index (χ1) is 7.96. The molecule has 0 fully saturated rings. The minimum absolute atomic E-state index is 0.118. The van der Waals surface area contributed by atoms with Crippen molar-refractivity contribution in [3.05, 3.63) is 23.5 Å². The fraction of sp³-hybridized carbons (Fsp3) is 0.667. The summed E-state index contributed by atoms with van der Waals surface area (Å²) >= 11 is 0. The summed E-state index contributed by atoms with van der Waals surface area (Å²) < 4.78 is 24.2. The van der Waals surface area contributed by atoms with E-state index in [1.54, 1.807) is 0 Å². The monoisotopic (exact) mass is 256 g/mol.